The zero-order valence-electron chi connectivity index (χ0n) is 12.0. The number of hydrogen-bond acceptors (Lipinski definition) is 5. The number of imidazole rings is 1. The van der Waals surface area contributed by atoms with E-state index in [1.54, 1.807) is 12.7 Å². The highest BCUT2D eigenvalue weighted by Gasteiger charge is 2.24. The van der Waals surface area contributed by atoms with Crippen molar-refractivity contribution in [3.63, 3.8) is 0 Å². The molecule has 1 aromatic carbocycles. The Morgan fingerprint density at radius 2 is 2.27 bits per heavy atom. The zero-order chi connectivity index (χ0) is 15.2. The largest absolute Gasteiger partial charge is 0.394 e. The average Bonchev–Trinajstić information content (AvgIpc) is 3.23. The Morgan fingerprint density at radius 1 is 1.41 bits per heavy atom. The van der Waals surface area contributed by atoms with Crippen molar-refractivity contribution in [2.75, 3.05) is 19.8 Å². The van der Waals surface area contributed by atoms with Crippen molar-refractivity contribution in [2.24, 2.45) is 4.99 Å². The number of aromatic nitrogens is 2. The van der Waals surface area contributed by atoms with Crippen LogP contribution in [0.4, 0.5) is 5.69 Å². The van der Waals surface area contributed by atoms with Gasteiger partial charge in [-0.05, 0) is 12.1 Å². The quantitative estimate of drug-likeness (QED) is 0.548. The second-order valence-corrected chi connectivity index (χ2v) is 4.87. The normalized spacial score (nSPS) is 21.5. The van der Waals surface area contributed by atoms with Crippen molar-refractivity contribution in [2.45, 2.75) is 12.4 Å². The topological polar surface area (TPSA) is 91.8 Å². The first-order valence-electron chi connectivity index (χ1n) is 7.08. The summed E-state index contributed by atoms with van der Waals surface area (Å²) in [4.78, 5) is 11.4. The van der Waals surface area contributed by atoms with Crippen molar-refractivity contribution in [1.82, 2.24) is 15.3 Å². The number of aliphatic hydroxyl groups is 1. The highest BCUT2D eigenvalue weighted by atomic mass is 16.7. The molecular weight excluding hydrogens is 284 g/mol. The number of nitrogens with one attached hydrogen (secondary N) is 2. The van der Waals surface area contributed by atoms with Crippen LogP contribution in [0.25, 0.3) is 11.3 Å². The summed E-state index contributed by atoms with van der Waals surface area (Å²) in [6.07, 6.45) is 4.55. The summed E-state index contributed by atoms with van der Waals surface area (Å²) in [5.74, 6) is 0. The van der Waals surface area contributed by atoms with E-state index in [4.69, 9.17) is 14.6 Å². The number of aliphatic hydroxyl groups excluding tert-OH is 1. The van der Waals surface area contributed by atoms with Crippen LogP contribution >= 0.6 is 0 Å². The van der Waals surface area contributed by atoms with Gasteiger partial charge in [0.25, 0.3) is 0 Å². The molecule has 2 aromatic rings. The monoisotopic (exact) mass is 302 g/mol. The number of rotatable bonds is 6. The molecule has 0 radical (unpaired) electrons. The lowest BCUT2D eigenvalue weighted by atomic mass is 10.1. The van der Waals surface area contributed by atoms with Gasteiger partial charge < -0.3 is 24.9 Å². The first-order valence-corrected chi connectivity index (χ1v) is 7.08. The Labute approximate surface area is 128 Å². The molecule has 1 aromatic heterocycles. The lowest BCUT2D eigenvalue weighted by Gasteiger charge is -2.09. The highest BCUT2D eigenvalue weighted by Crippen LogP contribution is 2.20. The van der Waals surface area contributed by atoms with Gasteiger partial charge in [-0.3, -0.25) is 0 Å². The summed E-state index contributed by atoms with van der Waals surface area (Å²) in [5.41, 5.74) is 2.78. The smallest absolute Gasteiger partial charge is 0.175 e. The summed E-state index contributed by atoms with van der Waals surface area (Å²) in [5, 5.41) is 12.0. The molecule has 2 heterocycles. The highest BCUT2D eigenvalue weighted by molar-refractivity contribution is 5.65. The molecule has 1 fully saturated rings. The molecule has 0 bridgehead atoms. The van der Waals surface area contributed by atoms with Crippen LogP contribution in [-0.2, 0) is 9.47 Å². The van der Waals surface area contributed by atoms with Crippen molar-refractivity contribution >= 4 is 12.0 Å². The fourth-order valence-electron chi connectivity index (χ4n) is 2.12. The van der Waals surface area contributed by atoms with Crippen molar-refractivity contribution in [3.05, 3.63) is 36.8 Å². The Kier molecular flexibility index (Phi) is 4.79. The summed E-state index contributed by atoms with van der Waals surface area (Å²) >= 11 is 0. The van der Waals surface area contributed by atoms with Gasteiger partial charge in [-0.15, -0.1) is 0 Å². The van der Waals surface area contributed by atoms with Gasteiger partial charge in [0, 0.05) is 11.8 Å². The van der Waals surface area contributed by atoms with Crippen molar-refractivity contribution in [3.8, 4) is 11.3 Å². The Balaban J connectivity index is 1.47. The number of nitrogens with zero attached hydrogens (tertiary/aromatic N) is 2. The molecule has 2 atom stereocenters. The number of aliphatic imine (C=N–C) groups is 1. The number of benzene rings is 1. The lowest BCUT2D eigenvalue weighted by Crippen LogP contribution is -2.27. The van der Waals surface area contributed by atoms with E-state index in [1.165, 1.54) is 0 Å². The molecule has 1 aliphatic rings. The lowest BCUT2D eigenvalue weighted by molar-refractivity contribution is -0.0595. The van der Waals surface area contributed by atoms with Crippen LogP contribution in [0.5, 0.6) is 0 Å². The van der Waals surface area contributed by atoms with E-state index in [1.807, 2.05) is 30.5 Å². The molecule has 116 valence electrons. The molecule has 2 unspecified atom stereocenters. The van der Waals surface area contributed by atoms with Crippen LogP contribution < -0.4 is 5.32 Å². The standard InChI is InChI=1S/C15H18N4O3/c20-7-13-8-21-15(22-13)6-17-9-18-12-3-1-11(2-4-12)14-5-16-10-19-14/h1-5,9-10,13,15,20H,6-8H2,(H,16,19)(H,17,18). The Morgan fingerprint density at radius 3 is 2.95 bits per heavy atom. The summed E-state index contributed by atoms with van der Waals surface area (Å²) in [7, 11) is 0. The predicted octanol–water partition coefficient (Wildman–Crippen LogP) is 1.06. The SMILES string of the molecule is OCC1COC(CNC=Nc2ccc(-c3c[nH]cn3)cc2)O1. The van der Waals surface area contributed by atoms with Gasteiger partial charge in [0.1, 0.15) is 6.10 Å². The van der Waals surface area contributed by atoms with E-state index in [0.717, 1.165) is 16.9 Å². The Bertz CT molecular complexity index is 598. The maximum absolute atomic E-state index is 8.94. The van der Waals surface area contributed by atoms with E-state index < -0.39 is 0 Å². The van der Waals surface area contributed by atoms with E-state index in [0.29, 0.717) is 13.2 Å². The van der Waals surface area contributed by atoms with Gasteiger partial charge in [0.2, 0.25) is 0 Å². The third-order valence-corrected chi connectivity index (χ3v) is 3.27. The molecule has 22 heavy (non-hydrogen) atoms. The van der Waals surface area contributed by atoms with E-state index in [9.17, 15) is 0 Å². The van der Waals surface area contributed by atoms with Crippen LogP contribution in [-0.4, -0.2) is 53.6 Å². The minimum absolute atomic E-state index is 0.0209. The first-order chi connectivity index (χ1) is 10.8. The number of ether oxygens (including phenoxy) is 2. The van der Waals surface area contributed by atoms with Gasteiger partial charge in [0.15, 0.2) is 6.29 Å². The second kappa shape index (κ2) is 7.17. The molecule has 7 nitrogen and oxygen atoms in total. The maximum atomic E-state index is 8.94. The first kappa shape index (κ1) is 14.7. The number of hydrogen-bond donors (Lipinski definition) is 3. The Hall–Kier alpha value is -2.22. The van der Waals surface area contributed by atoms with Crippen LogP contribution in [0.15, 0.2) is 41.8 Å². The molecular formula is C15H18N4O3. The molecule has 1 aliphatic heterocycles. The van der Waals surface area contributed by atoms with Gasteiger partial charge in [-0.1, -0.05) is 12.1 Å². The van der Waals surface area contributed by atoms with Crippen LogP contribution in [0, 0.1) is 0 Å². The number of aromatic amines is 1. The van der Waals surface area contributed by atoms with E-state index in [2.05, 4.69) is 20.3 Å². The third kappa shape index (κ3) is 3.70. The second-order valence-electron chi connectivity index (χ2n) is 4.87. The van der Waals surface area contributed by atoms with Crippen molar-refractivity contribution < 1.29 is 14.6 Å². The summed E-state index contributed by atoms with van der Waals surface area (Å²) in [6, 6.07) is 7.79. The minimum atomic E-state index is -0.342. The van der Waals surface area contributed by atoms with Gasteiger partial charge >= 0.3 is 0 Å². The van der Waals surface area contributed by atoms with Crippen molar-refractivity contribution in [1.29, 1.82) is 0 Å². The van der Waals surface area contributed by atoms with Gasteiger partial charge in [0.05, 0.1) is 43.8 Å². The van der Waals surface area contributed by atoms with E-state index >= 15 is 0 Å². The van der Waals surface area contributed by atoms with Crippen LogP contribution in [0.1, 0.15) is 0 Å². The van der Waals surface area contributed by atoms with Gasteiger partial charge in [-0.2, -0.15) is 0 Å². The summed E-state index contributed by atoms with van der Waals surface area (Å²) in [6.45, 7) is 0.896. The minimum Gasteiger partial charge on any atom is -0.394 e. The summed E-state index contributed by atoms with van der Waals surface area (Å²) < 4.78 is 10.8. The molecule has 0 amide bonds. The van der Waals surface area contributed by atoms with Gasteiger partial charge in [-0.25, -0.2) is 9.98 Å². The zero-order valence-corrected chi connectivity index (χ0v) is 12.0. The molecule has 1 saturated heterocycles. The van der Waals surface area contributed by atoms with Crippen LogP contribution in [0.3, 0.4) is 0 Å². The van der Waals surface area contributed by atoms with E-state index in [-0.39, 0.29) is 19.0 Å². The molecule has 0 saturated carbocycles. The fourth-order valence-corrected chi connectivity index (χ4v) is 2.12. The maximum Gasteiger partial charge on any atom is 0.175 e. The third-order valence-electron chi connectivity index (χ3n) is 3.27. The fraction of sp³-hybridized carbons (Fsp3) is 0.333. The average molecular weight is 302 g/mol. The van der Waals surface area contributed by atoms with Crippen LogP contribution in [0.2, 0.25) is 0 Å². The predicted molar refractivity (Wildman–Crippen MR) is 81.9 cm³/mol. The molecule has 0 spiro atoms. The molecule has 3 rings (SSSR count). The molecule has 3 N–H and O–H groups in total. The number of H-pyrrole nitrogens is 1. The molecule has 0 aliphatic carbocycles. The molecule has 7 heteroatoms.